The van der Waals surface area contributed by atoms with Crippen molar-refractivity contribution in [1.29, 1.82) is 0 Å². The summed E-state index contributed by atoms with van der Waals surface area (Å²) in [6, 6.07) is 4.80. The van der Waals surface area contributed by atoms with Gasteiger partial charge in [-0.25, -0.2) is 18.2 Å². The van der Waals surface area contributed by atoms with E-state index >= 15 is 0 Å². The fourth-order valence-electron chi connectivity index (χ4n) is 4.11. The number of hydrogen-bond donors (Lipinski definition) is 1. The van der Waals surface area contributed by atoms with Crippen molar-refractivity contribution < 1.29 is 36.2 Å². The van der Waals surface area contributed by atoms with Crippen molar-refractivity contribution in [3.63, 3.8) is 0 Å². The third-order valence-corrected chi connectivity index (χ3v) is 6.79. The lowest BCUT2D eigenvalue weighted by Crippen LogP contribution is -2.41. The fraction of sp³-hybridized carbons (Fsp3) is 0.348. The number of sulfone groups is 1. The maximum absolute atomic E-state index is 13.6. The summed E-state index contributed by atoms with van der Waals surface area (Å²) in [7, 11) is -3.24. The molecule has 0 aliphatic carbocycles. The smallest absolute Gasteiger partial charge is 0.421 e. The second kappa shape index (κ2) is 9.45. The van der Waals surface area contributed by atoms with Crippen LogP contribution in [-0.2, 0) is 29.0 Å². The maximum Gasteiger partial charge on any atom is 0.421 e. The number of amides is 1. The van der Waals surface area contributed by atoms with Crippen LogP contribution < -0.4 is 9.64 Å². The molecule has 1 N–H and O–H groups in total. The van der Waals surface area contributed by atoms with Crippen LogP contribution >= 0.6 is 0 Å². The highest BCUT2D eigenvalue weighted by atomic mass is 32.2. The summed E-state index contributed by atoms with van der Waals surface area (Å²) >= 11 is 0. The van der Waals surface area contributed by atoms with Crippen molar-refractivity contribution >= 4 is 21.6 Å². The molecule has 0 radical (unpaired) electrons. The number of nitrogens with zero attached hydrogens (tertiary/aromatic N) is 4. The van der Waals surface area contributed by atoms with Gasteiger partial charge in [0.25, 0.3) is 0 Å². The van der Waals surface area contributed by atoms with Gasteiger partial charge in [-0.3, -0.25) is 9.58 Å². The minimum atomic E-state index is -4.73. The van der Waals surface area contributed by atoms with Gasteiger partial charge >= 0.3 is 12.3 Å². The molecule has 13 heteroatoms. The number of fused-ring (bicyclic) bond motifs is 1. The number of rotatable bonds is 6. The monoisotopic (exact) mass is 524 g/mol. The Kier molecular flexibility index (Phi) is 6.69. The summed E-state index contributed by atoms with van der Waals surface area (Å²) in [5.74, 6) is -0.766. The van der Waals surface area contributed by atoms with E-state index in [1.165, 1.54) is 17.1 Å². The predicted octanol–water partition coefficient (Wildman–Crippen LogP) is 4.62. The minimum absolute atomic E-state index is 0.0394. The molecule has 36 heavy (non-hydrogen) atoms. The van der Waals surface area contributed by atoms with Gasteiger partial charge < -0.3 is 9.84 Å². The van der Waals surface area contributed by atoms with Crippen LogP contribution in [0.15, 0.2) is 42.9 Å². The number of pyridine rings is 1. The van der Waals surface area contributed by atoms with Gasteiger partial charge in [0.15, 0.2) is 0 Å². The van der Waals surface area contributed by atoms with Crippen LogP contribution in [0.1, 0.15) is 24.5 Å². The van der Waals surface area contributed by atoms with E-state index < -0.39 is 33.6 Å². The lowest BCUT2D eigenvalue weighted by Gasteiger charge is -2.34. The van der Waals surface area contributed by atoms with E-state index in [0.29, 0.717) is 35.2 Å². The largest absolute Gasteiger partial charge is 0.465 e. The fourth-order valence-corrected chi connectivity index (χ4v) is 4.63. The van der Waals surface area contributed by atoms with Crippen molar-refractivity contribution in [2.75, 3.05) is 16.9 Å². The number of aromatic nitrogens is 3. The first kappa shape index (κ1) is 25.5. The SMILES string of the molecule is C[C@H]1CCc2c(ccc(-c3cnn(CCS(C)(=O)=O)c3)c2Oc2ncccc2C(F)(F)F)N1C(=O)O. The van der Waals surface area contributed by atoms with Gasteiger partial charge in [-0.15, -0.1) is 0 Å². The molecule has 1 aromatic carbocycles. The highest BCUT2D eigenvalue weighted by molar-refractivity contribution is 7.90. The van der Waals surface area contributed by atoms with Gasteiger partial charge in [0.2, 0.25) is 5.88 Å². The minimum Gasteiger partial charge on any atom is -0.465 e. The highest BCUT2D eigenvalue weighted by Crippen LogP contribution is 2.46. The van der Waals surface area contributed by atoms with Gasteiger partial charge in [0.05, 0.1) is 24.2 Å². The van der Waals surface area contributed by atoms with Crippen molar-refractivity contribution in [3.8, 4) is 22.8 Å². The zero-order valence-electron chi connectivity index (χ0n) is 19.4. The Balaban J connectivity index is 1.85. The molecule has 1 aliphatic rings. The quantitative estimate of drug-likeness (QED) is 0.500. The lowest BCUT2D eigenvalue weighted by atomic mass is 9.92. The van der Waals surface area contributed by atoms with Crippen LogP contribution in [-0.4, -0.2) is 52.4 Å². The van der Waals surface area contributed by atoms with Crippen LogP contribution in [0.5, 0.6) is 11.6 Å². The molecule has 0 saturated heterocycles. The number of anilines is 1. The van der Waals surface area contributed by atoms with E-state index in [1.54, 1.807) is 25.3 Å². The summed E-state index contributed by atoms with van der Waals surface area (Å²) in [4.78, 5) is 16.9. The molecule has 3 heterocycles. The number of alkyl halides is 3. The molecule has 0 spiro atoms. The number of hydrogen-bond acceptors (Lipinski definition) is 6. The highest BCUT2D eigenvalue weighted by Gasteiger charge is 2.37. The van der Waals surface area contributed by atoms with Gasteiger partial charge in [-0.05, 0) is 44.0 Å². The summed E-state index contributed by atoms with van der Waals surface area (Å²) in [6.07, 6.45) is 0.160. The number of aryl methyl sites for hydroxylation is 1. The Bertz CT molecular complexity index is 1400. The average molecular weight is 525 g/mol. The zero-order valence-corrected chi connectivity index (χ0v) is 20.2. The second-order valence-electron chi connectivity index (χ2n) is 8.56. The zero-order chi connectivity index (χ0) is 26.3. The molecule has 1 aliphatic heterocycles. The number of halogens is 3. The molecule has 0 bridgehead atoms. The van der Waals surface area contributed by atoms with Gasteiger partial charge in [0, 0.05) is 41.4 Å². The van der Waals surface area contributed by atoms with Crippen molar-refractivity contribution in [1.82, 2.24) is 14.8 Å². The van der Waals surface area contributed by atoms with Crippen molar-refractivity contribution in [2.45, 2.75) is 38.5 Å². The van der Waals surface area contributed by atoms with E-state index in [1.807, 2.05) is 0 Å². The molecule has 2 aromatic heterocycles. The summed E-state index contributed by atoms with van der Waals surface area (Å²) in [6.45, 7) is 1.83. The van der Waals surface area contributed by atoms with Crippen LogP contribution in [0.2, 0.25) is 0 Å². The molecular weight excluding hydrogens is 501 g/mol. The van der Waals surface area contributed by atoms with Crippen molar-refractivity contribution in [3.05, 3.63) is 54.0 Å². The van der Waals surface area contributed by atoms with Gasteiger partial charge in [0.1, 0.15) is 21.2 Å². The maximum atomic E-state index is 13.6. The molecule has 1 amide bonds. The predicted molar refractivity (Wildman–Crippen MR) is 125 cm³/mol. The Morgan fingerprint density at radius 2 is 2.03 bits per heavy atom. The van der Waals surface area contributed by atoms with E-state index in [9.17, 15) is 31.5 Å². The van der Waals surface area contributed by atoms with Gasteiger partial charge in [-0.1, -0.05) is 0 Å². The standard InChI is InChI=1S/C23H23F3N4O5S/c1-14-5-6-17-19(30(14)22(31)32)8-7-16(15-12-28-29(13-15)10-11-36(2,33)34)20(17)35-21-18(23(24,25)26)4-3-9-27-21/h3-4,7-9,12-14H,5-6,10-11H2,1-2H3,(H,31,32)/t14-/m0/s1. The summed E-state index contributed by atoms with van der Waals surface area (Å²) < 4.78 is 71.2. The molecule has 0 saturated carbocycles. The van der Waals surface area contributed by atoms with Crippen molar-refractivity contribution in [2.24, 2.45) is 0 Å². The number of carboxylic acid groups (broad SMARTS) is 1. The van der Waals surface area contributed by atoms with E-state index in [2.05, 4.69) is 10.1 Å². The molecular formula is C23H23F3N4O5S. The van der Waals surface area contributed by atoms with E-state index in [4.69, 9.17) is 4.74 Å². The molecule has 0 unspecified atom stereocenters. The number of benzene rings is 1. The Hall–Kier alpha value is -3.61. The molecule has 0 fully saturated rings. The number of ether oxygens (including phenoxy) is 1. The van der Waals surface area contributed by atoms with E-state index in [-0.39, 0.29) is 24.1 Å². The second-order valence-corrected chi connectivity index (χ2v) is 10.8. The molecule has 9 nitrogen and oxygen atoms in total. The Morgan fingerprint density at radius 1 is 1.28 bits per heavy atom. The van der Waals surface area contributed by atoms with Crippen LogP contribution in [0.4, 0.5) is 23.7 Å². The summed E-state index contributed by atoms with van der Waals surface area (Å²) in [5, 5.41) is 13.9. The molecule has 192 valence electrons. The first-order chi connectivity index (χ1) is 16.8. The third kappa shape index (κ3) is 5.30. The van der Waals surface area contributed by atoms with Crippen LogP contribution in [0, 0.1) is 0 Å². The third-order valence-electron chi connectivity index (χ3n) is 5.86. The number of carbonyl (C=O) groups is 1. The van der Waals surface area contributed by atoms with Crippen LogP contribution in [0.3, 0.4) is 0 Å². The molecule has 3 aromatic rings. The molecule has 4 rings (SSSR count). The normalized spacial score (nSPS) is 16.0. The first-order valence-corrected chi connectivity index (χ1v) is 13.0. The lowest BCUT2D eigenvalue weighted by molar-refractivity contribution is -0.138. The Labute approximate surface area is 205 Å². The molecule has 1 atom stereocenters. The average Bonchev–Trinajstić information content (AvgIpc) is 3.25. The van der Waals surface area contributed by atoms with Crippen LogP contribution in [0.25, 0.3) is 11.1 Å². The van der Waals surface area contributed by atoms with E-state index in [0.717, 1.165) is 23.3 Å². The topological polar surface area (TPSA) is 115 Å². The Morgan fingerprint density at radius 3 is 2.69 bits per heavy atom. The van der Waals surface area contributed by atoms with Gasteiger partial charge in [-0.2, -0.15) is 18.3 Å². The first-order valence-electron chi connectivity index (χ1n) is 10.9. The summed E-state index contributed by atoms with van der Waals surface area (Å²) in [5.41, 5.74) is 0.505.